The number of benzene rings is 4. The molecule has 0 aliphatic rings. The first kappa shape index (κ1) is 19.6. The van der Waals surface area contributed by atoms with Gasteiger partial charge in [-0.05, 0) is 67.6 Å². The van der Waals surface area contributed by atoms with Crippen LogP contribution in [-0.2, 0) is 10.9 Å². The zero-order chi connectivity index (χ0) is 20.1. The Hall–Kier alpha value is -2.75. The molecule has 0 unspecified atom stereocenters. The number of Topliss-reactive ketones (excluding diaryl/α,β-unsaturated/α-hetero) is 1. The number of carbonyl (C=O) groups is 1. The SMILES string of the molecule is CC(=O)c1ccc(Sc2ccc([S+](c3ccccc3)c3ccccc3)cc2)cc1. The lowest BCUT2D eigenvalue weighted by molar-refractivity contribution is 0.101. The van der Waals surface area contributed by atoms with Crippen LogP contribution in [0.5, 0.6) is 0 Å². The van der Waals surface area contributed by atoms with Crippen LogP contribution in [0.4, 0.5) is 0 Å². The third kappa shape index (κ3) is 4.81. The van der Waals surface area contributed by atoms with Crippen molar-refractivity contribution < 1.29 is 4.79 Å². The molecule has 0 heterocycles. The minimum absolute atomic E-state index is 0.0970. The van der Waals surface area contributed by atoms with Crippen LogP contribution in [0.3, 0.4) is 0 Å². The number of ketones is 1. The van der Waals surface area contributed by atoms with Crippen molar-refractivity contribution >= 4 is 28.4 Å². The molecule has 0 aliphatic carbocycles. The maximum absolute atomic E-state index is 11.4. The van der Waals surface area contributed by atoms with Gasteiger partial charge in [0.25, 0.3) is 0 Å². The molecule has 142 valence electrons. The summed E-state index contributed by atoms with van der Waals surface area (Å²) in [5, 5.41) is 0. The van der Waals surface area contributed by atoms with Crippen molar-refractivity contribution in [2.45, 2.75) is 31.4 Å². The second-order valence-corrected chi connectivity index (χ2v) is 9.76. The number of rotatable bonds is 6. The first-order valence-electron chi connectivity index (χ1n) is 9.44. The average molecular weight is 414 g/mol. The van der Waals surface area contributed by atoms with E-state index in [9.17, 15) is 4.79 Å². The van der Waals surface area contributed by atoms with Gasteiger partial charge in [0.2, 0.25) is 0 Å². The van der Waals surface area contributed by atoms with Gasteiger partial charge >= 0.3 is 0 Å². The molecule has 29 heavy (non-hydrogen) atoms. The van der Waals surface area contributed by atoms with Crippen LogP contribution >= 0.6 is 11.8 Å². The fourth-order valence-corrected chi connectivity index (χ4v) is 5.96. The Morgan fingerprint density at radius 1 is 0.586 bits per heavy atom. The normalized spacial score (nSPS) is 10.8. The zero-order valence-electron chi connectivity index (χ0n) is 16.1. The van der Waals surface area contributed by atoms with Gasteiger partial charge in [-0.25, -0.2) is 0 Å². The van der Waals surface area contributed by atoms with E-state index in [4.69, 9.17) is 0 Å². The first-order valence-corrected chi connectivity index (χ1v) is 11.5. The summed E-state index contributed by atoms with van der Waals surface area (Å²) in [5.74, 6) is 0.0970. The zero-order valence-corrected chi connectivity index (χ0v) is 17.8. The Labute approximate surface area is 179 Å². The molecular weight excluding hydrogens is 392 g/mol. The van der Waals surface area contributed by atoms with Gasteiger partial charge < -0.3 is 0 Å². The van der Waals surface area contributed by atoms with Gasteiger partial charge in [0.15, 0.2) is 20.5 Å². The van der Waals surface area contributed by atoms with E-state index in [0.29, 0.717) is 0 Å². The minimum atomic E-state index is -0.124. The quantitative estimate of drug-likeness (QED) is 0.247. The molecule has 0 saturated heterocycles. The van der Waals surface area contributed by atoms with Gasteiger partial charge in [0.1, 0.15) is 0 Å². The summed E-state index contributed by atoms with van der Waals surface area (Å²) < 4.78 is 0. The van der Waals surface area contributed by atoms with E-state index >= 15 is 0 Å². The summed E-state index contributed by atoms with van der Waals surface area (Å²) in [6.07, 6.45) is 0. The minimum Gasteiger partial charge on any atom is -0.295 e. The van der Waals surface area contributed by atoms with Crippen LogP contribution in [0, 0.1) is 0 Å². The molecule has 4 aromatic carbocycles. The maximum atomic E-state index is 11.4. The first-order chi connectivity index (χ1) is 14.2. The van der Waals surface area contributed by atoms with Gasteiger partial charge in [-0.2, -0.15) is 0 Å². The predicted molar refractivity (Wildman–Crippen MR) is 122 cm³/mol. The molecule has 4 aromatic rings. The lowest BCUT2D eigenvalue weighted by Gasteiger charge is -2.09. The molecular formula is C26H21OS2+. The van der Waals surface area contributed by atoms with Gasteiger partial charge in [-0.3, -0.25) is 4.79 Å². The highest BCUT2D eigenvalue weighted by atomic mass is 32.2. The predicted octanol–water partition coefficient (Wildman–Crippen LogP) is 7.14. The Bertz CT molecular complexity index is 1030. The second kappa shape index (κ2) is 9.17. The summed E-state index contributed by atoms with van der Waals surface area (Å²) in [6, 6.07) is 38.0. The summed E-state index contributed by atoms with van der Waals surface area (Å²) in [6.45, 7) is 1.59. The van der Waals surface area contributed by atoms with Crippen LogP contribution < -0.4 is 0 Å². The fourth-order valence-electron chi connectivity index (χ4n) is 3.06. The van der Waals surface area contributed by atoms with Crippen LogP contribution in [0.1, 0.15) is 17.3 Å². The summed E-state index contributed by atoms with van der Waals surface area (Å²) >= 11 is 1.71. The topological polar surface area (TPSA) is 17.1 Å². The Balaban J connectivity index is 1.60. The second-order valence-electron chi connectivity index (χ2n) is 6.59. The molecule has 0 atom stereocenters. The average Bonchev–Trinajstić information content (AvgIpc) is 2.77. The summed E-state index contributed by atoms with van der Waals surface area (Å²) in [7, 11) is -0.124. The molecule has 0 radical (unpaired) electrons. The molecule has 0 N–H and O–H groups in total. The monoisotopic (exact) mass is 413 g/mol. The Kier molecular flexibility index (Phi) is 6.18. The molecule has 1 nitrogen and oxygen atoms in total. The van der Waals surface area contributed by atoms with E-state index in [1.54, 1.807) is 18.7 Å². The summed E-state index contributed by atoms with van der Waals surface area (Å²) in [5.41, 5.74) is 0.750. The molecule has 0 aromatic heterocycles. The number of hydrogen-bond acceptors (Lipinski definition) is 2. The van der Waals surface area contributed by atoms with Gasteiger partial charge in [-0.1, -0.05) is 60.3 Å². The van der Waals surface area contributed by atoms with Crippen molar-refractivity contribution in [3.8, 4) is 0 Å². The van der Waals surface area contributed by atoms with Crippen molar-refractivity contribution in [1.29, 1.82) is 0 Å². The van der Waals surface area contributed by atoms with Gasteiger partial charge in [-0.15, -0.1) is 0 Å². The van der Waals surface area contributed by atoms with E-state index in [2.05, 4.69) is 84.9 Å². The smallest absolute Gasteiger partial charge is 0.166 e. The molecule has 4 rings (SSSR count). The third-order valence-corrected chi connectivity index (χ3v) is 7.76. The standard InChI is InChI=1S/C26H21OS2/c1-20(27)21-12-14-22(15-13-21)28-23-16-18-26(19-17-23)29(24-8-4-2-5-9-24)25-10-6-3-7-11-25/h2-19H,1H3/q+1. The number of carbonyl (C=O) groups excluding carboxylic acids is 1. The van der Waals surface area contributed by atoms with E-state index in [-0.39, 0.29) is 16.7 Å². The van der Waals surface area contributed by atoms with Crippen LogP contribution in [0.2, 0.25) is 0 Å². The summed E-state index contributed by atoms with van der Waals surface area (Å²) in [4.78, 5) is 17.7. The van der Waals surface area contributed by atoms with Gasteiger partial charge in [0, 0.05) is 15.4 Å². The Morgan fingerprint density at radius 2 is 1.00 bits per heavy atom. The van der Waals surface area contributed by atoms with Crippen molar-refractivity contribution in [2.75, 3.05) is 0 Å². The Morgan fingerprint density at radius 3 is 1.45 bits per heavy atom. The van der Waals surface area contributed by atoms with Gasteiger partial charge in [0.05, 0.1) is 10.9 Å². The highest BCUT2D eigenvalue weighted by Crippen LogP contribution is 2.34. The third-order valence-electron chi connectivity index (χ3n) is 4.51. The molecule has 0 spiro atoms. The molecule has 3 heteroatoms. The van der Waals surface area contributed by atoms with Crippen molar-refractivity contribution in [3.63, 3.8) is 0 Å². The molecule has 0 fully saturated rings. The largest absolute Gasteiger partial charge is 0.295 e. The van der Waals surface area contributed by atoms with E-state index in [1.165, 1.54) is 19.6 Å². The van der Waals surface area contributed by atoms with Crippen LogP contribution in [0.25, 0.3) is 0 Å². The van der Waals surface area contributed by atoms with E-state index in [0.717, 1.165) is 10.5 Å². The lowest BCUT2D eigenvalue weighted by atomic mass is 10.2. The number of hydrogen-bond donors (Lipinski definition) is 0. The van der Waals surface area contributed by atoms with Crippen LogP contribution in [0.15, 0.2) is 134 Å². The van der Waals surface area contributed by atoms with E-state index < -0.39 is 0 Å². The van der Waals surface area contributed by atoms with Crippen molar-refractivity contribution in [2.24, 2.45) is 0 Å². The lowest BCUT2D eigenvalue weighted by Crippen LogP contribution is -2.04. The molecule has 0 saturated carbocycles. The van der Waals surface area contributed by atoms with Crippen molar-refractivity contribution in [3.05, 3.63) is 115 Å². The molecule has 0 aliphatic heterocycles. The van der Waals surface area contributed by atoms with Crippen LogP contribution in [-0.4, -0.2) is 5.78 Å². The highest BCUT2D eigenvalue weighted by molar-refractivity contribution is 7.99. The van der Waals surface area contributed by atoms with E-state index in [1.807, 2.05) is 24.3 Å². The highest BCUT2D eigenvalue weighted by Gasteiger charge is 2.28. The molecule has 0 amide bonds. The van der Waals surface area contributed by atoms with Crippen molar-refractivity contribution in [1.82, 2.24) is 0 Å². The molecule has 0 bridgehead atoms. The fraction of sp³-hybridized carbons (Fsp3) is 0.0385. The maximum Gasteiger partial charge on any atom is 0.166 e.